The van der Waals surface area contributed by atoms with E-state index in [-0.39, 0.29) is 17.9 Å². The number of nitrogen functional groups attached to an aromatic ring is 2. The normalized spacial score (nSPS) is 25.9. The summed E-state index contributed by atoms with van der Waals surface area (Å²) in [5.41, 5.74) is 15.5. The summed E-state index contributed by atoms with van der Waals surface area (Å²) in [5.74, 6) is -0.551. The van der Waals surface area contributed by atoms with Gasteiger partial charge < -0.3 is 11.5 Å². The lowest BCUT2D eigenvalue weighted by Gasteiger charge is -2.44. The molecule has 1 aliphatic heterocycles. The molecule has 1 aliphatic carbocycles. The predicted molar refractivity (Wildman–Crippen MR) is 106 cm³/mol. The molecular formula is C22H23N3O2. The minimum atomic E-state index is -0.462. The zero-order valence-corrected chi connectivity index (χ0v) is 15.7. The summed E-state index contributed by atoms with van der Waals surface area (Å²) >= 11 is 0. The van der Waals surface area contributed by atoms with Crippen molar-refractivity contribution in [3.63, 3.8) is 0 Å². The molecule has 4 N–H and O–H groups in total. The van der Waals surface area contributed by atoms with Crippen LogP contribution in [0.4, 0.5) is 11.4 Å². The first-order valence-electron chi connectivity index (χ1n) is 8.99. The quantitative estimate of drug-likeness (QED) is 0.635. The number of nitrogens with two attached hydrogens (primary N) is 2. The molecule has 2 aliphatic rings. The van der Waals surface area contributed by atoms with Gasteiger partial charge >= 0.3 is 0 Å². The summed E-state index contributed by atoms with van der Waals surface area (Å²) in [6.07, 6.45) is 2.68. The molecule has 138 valence electrons. The third-order valence-electron chi connectivity index (χ3n) is 6.47. The van der Waals surface area contributed by atoms with Crippen LogP contribution in [-0.4, -0.2) is 16.7 Å². The Balaban J connectivity index is 1.99. The second-order valence-electron chi connectivity index (χ2n) is 8.10. The Kier molecular flexibility index (Phi) is 3.51. The van der Waals surface area contributed by atoms with Crippen LogP contribution in [-0.2, 0) is 15.0 Å². The van der Waals surface area contributed by atoms with Gasteiger partial charge in [0.2, 0.25) is 0 Å². The molecule has 0 aromatic heterocycles. The summed E-state index contributed by atoms with van der Waals surface area (Å²) < 4.78 is 0. The molecule has 0 spiro atoms. The zero-order chi connectivity index (χ0) is 19.6. The lowest BCUT2D eigenvalue weighted by Crippen LogP contribution is -2.46. The maximum Gasteiger partial charge on any atom is 0.254 e. The zero-order valence-electron chi connectivity index (χ0n) is 15.7. The van der Waals surface area contributed by atoms with E-state index in [1.807, 2.05) is 42.5 Å². The van der Waals surface area contributed by atoms with Crippen molar-refractivity contribution in [3.05, 3.63) is 71.3 Å². The minimum Gasteiger partial charge on any atom is -0.399 e. The lowest BCUT2D eigenvalue weighted by atomic mass is 9.62. The van der Waals surface area contributed by atoms with Gasteiger partial charge in [0, 0.05) is 34.4 Å². The molecule has 0 radical (unpaired) electrons. The van der Waals surface area contributed by atoms with Crippen LogP contribution in [0.1, 0.15) is 43.5 Å². The van der Waals surface area contributed by atoms with E-state index < -0.39 is 10.8 Å². The van der Waals surface area contributed by atoms with E-state index >= 15 is 0 Å². The molecule has 0 bridgehead atoms. The number of rotatable bonds is 2. The van der Waals surface area contributed by atoms with E-state index in [0.29, 0.717) is 11.4 Å². The monoisotopic (exact) mass is 361 g/mol. The van der Waals surface area contributed by atoms with E-state index in [1.165, 1.54) is 17.1 Å². The molecule has 4 rings (SSSR count). The number of hydrogen-bond donors (Lipinski definition) is 2. The second-order valence-corrected chi connectivity index (χ2v) is 8.10. The highest BCUT2D eigenvalue weighted by Crippen LogP contribution is 2.63. The molecule has 27 heavy (non-hydrogen) atoms. The van der Waals surface area contributed by atoms with E-state index in [4.69, 9.17) is 11.5 Å². The molecule has 2 unspecified atom stereocenters. The number of carbonyl (C=O) groups excluding carboxylic acids is 2. The summed E-state index contributed by atoms with van der Waals surface area (Å²) in [5, 5.41) is 0. The topological polar surface area (TPSA) is 89.4 Å². The fourth-order valence-electron chi connectivity index (χ4n) is 4.73. The van der Waals surface area contributed by atoms with Gasteiger partial charge in [0.05, 0.1) is 6.04 Å². The lowest BCUT2D eigenvalue weighted by molar-refractivity contribution is -0.143. The van der Waals surface area contributed by atoms with Crippen LogP contribution in [0.3, 0.4) is 0 Å². The van der Waals surface area contributed by atoms with Crippen LogP contribution < -0.4 is 11.5 Å². The van der Waals surface area contributed by atoms with Crippen molar-refractivity contribution in [3.8, 4) is 0 Å². The largest absolute Gasteiger partial charge is 0.399 e. The first-order chi connectivity index (χ1) is 12.7. The first kappa shape index (κ1) is 17.3. The van der Waals surface area contributed by atoms with Gasteiger partial charge in [-0.2, -0.15) is 0 Å². The van der Waals surface area contributed by atoms with Crippen LogP contribution in [0.5, 0.6) is 0 Å². The third-order valence-corrected chi connectivity index (χ3v) is 6.47. The average Bonchev–Trinajstić information content (AvgIpc) is 3.02. The van der Waals surface area contributed by atoms with Crippen LogP contribution in [0.25, 0.3) is 0 Å². The van der Waals surface area contributed by atoms with Gasteiger partial charge in [-0.15, -0.1) is 0 Å². The molecule has 5 nitrogen and oxygen atoms in total. The average molecular weight is 361 g/mol. The molecule has 2 atom stereocenters. The number of anilines is 2. The molecule has 2 aromatic rings. The molecule has 2 aromatic carbocycles. The molecule has 0 saturated carbocycles. The van der Waals surface area contributed by atoms with Crippen LogP contribution in [0.2, 0.25) is 0 Å². The van der Waals surface area contributed by atoms with Crippen molar-refractivity contribution in [2.75, 3.05) is 11.5 Å². The van der Waals surface area contributed by atoms with Crippen molar-refractivity contribution in [1.29, 1.82) is 0 Å². The standard InChI is InChI=1S/C22H23N3O2/c1-21(2)20(25-18(26)10-11-19(25)27)16-9-8-15(24)12-17(16)22(21,3)13-4-6-14(23)7-5-13/h4-12,20H,23-24H2,1-3H3. The number of amides is 2. The SMILES string of the molecule is CC1(c2ccc(N)cc2)c2cc(N)ccc2C(N2C(=O)C=CC2=O)C1(C)C. The fourth-order valence-corrected chi connectivity index (χ4v) is 4.73. The number of fused-ring (bicyclic) bond motifs is 1. The van der Waals surface area contributed by atoms with E-state index in [9.17, 15) is 9.59 Å². The van der Waals surface area contributed by atoms with Crippen molar-refractivity contribution in [2.24, 2.45) is 5.41 Å². The first-order valence-corrected chi connectivity index (χ1v) is 8.99. The number of hydrogen-bond acceptors (Lipinski definition) is 4. The van der Waals surface area contributed by atoms with Crippen molar-refractivity contribution >= 4 is 23.2 Å². The van der Waals surface area contributed by atoms with Crippen LogP contribution in [0.15, 0.2) is 54.6 Å². The Morgan fingerprint density at radius 1 is 0.852 bits per heavy atom. The number of benzene rings is 2. The molecule has 0 saturated heterocycles. The van der Waals surface area contributed by atoms with Crippen molar-refractivity contribution < 1.29 is 9.59 Å². The molecule has 5 heteroatoms. The number of nitrogens with zero attached hydrogens (tertiary/aromatic N) is 1. The van der Waals surface area contributed by atoms with Crippen LogP contribution >= 0.6 is 0 Å². The van der Waals surface area contributed by atoms with Gasteiger partial charge in [-0.1, -0.05) is 39.0 Å². The van der Waals surface area contributed by atoms with Crippen LogP contribution in [0, 0.1) is 5.41 Å². The Morgan fingerprint density at radius 2 is 1.41 bits per heavy atom. The van der Waals surface area contributed by atoms with Gasteiger partial charge in [-0.05, 0) is 41.0 Å². The minimum absolute atomic E-state index is 0.276. The van der Waals surface area contributed by atoms with Gasteiger partial charge in [0.15, 0.2) is 0 Å². The van der Waals surface area contributed by atoms with Gasteiger partial charge in [0.25, 0.3) is 11.8 Å². The Labute approximate surface area is 158 Å². The fraction of sp³-hybridized carbons (Fsp3) is 0.273. The maximum atomic E-state index is 12.5. The smallest absolute Gasteiger partial charge is 0.254 e. The molecule has 1 heterocycles. The van der Waals surface area contributed by atoms with E-state index in [2.05, 4.69) is 20.8 Å². The Hall–Kier alpha value is -3.08. The third kappa shape index (κ3) is 2.17. The summed E-state index contributed by atoms with van der Waals surface area (Å²) in [7, 11) is 0. The summed E-state index contributed by atoms with van der Waals surface area (Å²) in [4.78, 5) is 26.4. The molecule has 2 amide bonds. The van der Waals surface area contributed by atoms with E-state index in [1.54, 1.807) is 0 Å². The number of imide groups is 1. The molecular weight excluding hydrogens is 338 g/mol. The molecule has 0 fully saturated rings. The van der Waals surface area contributed by atoms with Crippen molar-refractivity contribution in [2.45, 2.75) is 32.2 Å². The highest BCUT2D eigenvalue weighted by atomic mass is 16.2. The maximum absolute atomic E-state index is 12.5. The van der Waals surface area contributed by atoms with E-state index in [0.717, 1.165) is 16.7 Å². The van der Waals surface area contributed by atoms with Crippen molar-refractivity contribution in [1.82, 2.24) is 4.90 Å². The summed E-state index contributed by atoms with van der Waals surface area (Å²) in [6, 6.07) is 13.1. The van der Waals surface area contributed by atoms with Gasteiger partial charge in [-0.25, -0.2) is 0 Å². The Morgan fingerprint density at radius 3 is 2.00 bits per heavy atom. The number of carbonyl (C=O) groups is 2. The van der Waals surface area contributed by atoms with Gasteiger partial charge in [-0.3, -0.25) is 14.5 Å². The predicted octanol–water partition coefficient (Wildman–Crippen LogP) is 3.16. The highest BCUT2D eigenvalue weighted by Gasteiger charge is 2.59. The van der Waals surface area contributed by atoms with Gasteiger partial charge in [0.1, 0.15) is 0 Å². The Bertz CT molecular complexity index is 973. The summed E-state index contributed by atoms with van der Waals surface area (Å²) in [6.45, 7) is 6.35. The highest BCUT2D eigenvalue weighted by molar-refractivity contribution is 6.13. The second kappa shape index (κ2) is 5.46.